The summed E-state index contributed by atoms with van der Waals surface area (Å²) in [5.41, 5.74) is 2.15. The van der Waals surface area contributed by atoms with E-state index < -0.39 is 0 Å². The number of halogens is 1. The van der Waals surface area contributed by atoms with Gasteiger partial charge in [-0.2, -0.15) is 0 Å². The quantitative estimate of drug-likeness (QED) is 0.904. The fourth-order valence-electron chi connectivity index (χ4n) is 2.72. The zero-order valence-corrected chi connectivity index (χ0v) is 13.2. The standard InChI is InChI=1S/C16H20N4O.ClH/c21-16(13-5-7-17-8-6-13)19-11-14-3-1-2-4-15(14)20-10-9-18-12-20;/h1-4,9-10,12-13,17H,5-8,11H2,(H,19,21);1H. The number of carbonyl (C=O) groups is 1. The van der Waals surface area contributed by atoms with Crippen LogP contribution in [0.25, 0.3) is 5.69 Å². The monoisotopic (exact) mass is 320 g/mol. The molecule has 0 saturated carbocycles. The van der Waals surface area contributed by atoms with Crippen LogP contribution in [0.3, 0.4) is 0 Å². The molecule has 1 fully saturated rings. The van der Waals surface area contributed by atoms with Gasteiger partial charge in [-0.05, 0) is 37.6 Å². The highest BCUT2D eigenvalue weighted by molar-refractivity contribution is 5.85. The molecular weight excluding hydrogens is 300 g/mol. The van der Waals surface area contributed by atoms with E-state index >= 15 is 0 Å². The lowest BCUT2D eigenvalue weighted by Crippen LogP contribution is -2.38. The zero-order chi connectivity index (χ0) is 14.5. The average molecular weight is 321 g/mol. The molecule has 2 heterocycles. The van der Waals surface area contributed by atoms with Crippen LogP contribution in [0, 0.1) is 5.92 Å². The van der Waals surface area contributed by atoms with Crippen LogP contribution in [0.15, 0.2) is 43.0 Å². The van der Waals surface area contributed by atoms with Crippen molar-refractivity contribution in [2.75, 3.05) is 13.1 Å². The molecule has 22 heavy (non-hydrogen) atoms. The number of rotatable bonds is 4. The van der Waals surface area contributed by atoms with Crippen LogP contribution in [0.2, 0.25) is 0 Å². The van der Waals surface area contributed by atoms with Crippen molar-refractivity contribution in [3.63, 3.8) is 0 Å². The summed E-state index contributed by atoms with van der Waals surface area (Å²) in [6, 6.07) is 8.06. The molecule has 1 aliphatic heterocycles. The maximum atomic E-state index is 12.2. The van der Waals surface area contributed by atoms with Crippen molar-refractivity contribution < 1.29 is 4.79 Å². The molecule has 0 radical (unpaired) electrons. The van der Waals surface area contributed by atoms with Gasteiger partial charge in [0.2, 0.25) is 5.91 Å². The first-order chi connectivity index (χ1) is 10.3. The predicted molar refractivity (Wildman–Crippen MR) is 88.3 cm³/mol. The molecule has 0 atom stereocenters. The van der Waals surface area contributed by atoms with Gasteiger partial charge in [-0.25, -0.2) is 4.98 Å². The number of aromatic nitrogens is 2. The lowest BCUT2D eigenvalue weighted by atomic mass is 9.97. The number of nitrogens with zero attached hydrogens (tertiary/aromatic N) is 2. The molecule has 0 unspecified atom stereocenters. The van der Waals surface area contributed by atoms with Gasteiger partial charge in [0.25, 0.3) is 0 Å². The smallest absolute Gasteiger partial charge is 0.223 e. The zero-order valence-electron chi connectivity index (χ0n) is 12.4. The van der Waals surface area contributed by atoms with Gasteiger partial charge in [-0.15, -0.1) is 12.4 Å². The van der Waals surface area contributed by atoms with Crippen molar-refractivity contribution in [1.29, 1.82) is 0 Å². The van der Waals surface area contributed by atoms with E-state index in [-0.39, 0.29) is 24.2 Å². The summed E-state index contributed by atoms with van der Waals surface area (Å²) in [6.45, 7) is 2.42. The number of hydrogen-bond donors (Lipinski definition) is 2. The van der Waals surface area contributed by atoms with Gasteiger partial charge in [-0.3, -0.25) is 4.79 Å². The van der Waals surface area contributed by atoms with Gasteiger partial charge >= 0.3 is 0 Å². The Kier molecular flexibility index (Phi) is 5.98. The Morgan fingerprint density at radius 3 is 2.82 bits per heavy atom. The van der Waals surface area contributed by atoms with Gasteiger partial charge in [0.05, 0.1) is 12.0 Å². The maximum Gasteiger partial charge on any atom is 0.223 e. The first-order valence-corrected chi connectivity index (χ1v) is 7.39. The van der Waals surface area contributed by atoms with E-state index in [0.29, 0.717) is 6.54 Å². The van der Waals surface area contributed by atoms with E-state index in [2.05, 4.69) is 15.6 Å². The Labute approximate surface area is 136 Å². The SMILES string of the molecule is Cl.O=C(NCc1ccccc1-n1ccnc1)C1CCNCC1. The van der Waals surface area contributed by atoms with E-state index in [1.165, 1.54) is 0 Å². The minimum absolute atomic E-state index is 0. The van der Waals surface area contributed by atoms with Crippen LogP contribution in [-0.2, 0) is 11.3 Å². The van der Waals surface area contributed by atoms with Gasteiger partial charge in [-0.1, -0.05) is 18.2 Å². The molecule has 118 valence electrons. The van der Waals surface area contributed by atoms with Gasteiger partial charge in [0.15, 0.2) is 0 Å². The summed E-state index contributed by atoms with van der Waals surface area (Å²) < 4.78 is 1.96. The minimum Gasteiger partial charge on any atom is -0.352 e. The van der Waals surface area contributed by atoms with Gasteiger partial charge < -0.3 is 15.2 Å². The fraction of sp³-hybridized carbons (Fsp3) is 0.375. The maximum absolute atomic E-state index is 12.2. The number of hydrogen-bond acceptors (Lipinski definition) is 3. The summed E-state index contributed by atoms with van der Waals surface area (Å²) >= 11 is 0. The number of benzene rings is 1. The molecule has 6 heteroatoms. The summed E-state index contributed by atoms with van der Waals surface area (Å²) in [5, 5.41) is 6.35. The van der Waals surface area contributed by atoms with Crippen LogP contribution < -0.4 is 10.6 Å². The topological polar surface area (TPSA) is 59.0 Å². The van der Waals surface area contributed by atoms with Crippen molar-refractivity contribution >= 4 is 18.3 Å². The van der Waals surface area contributed by atoms with E-state index in [0.717, 1.165) is 37.2 Å². The van der Waals surface area contributed by atoms with Gasteiger partial charge in [0, 0.05) is 24.9 Å². The molecule has 2 aromatic rings. The average Bonchev–Trinajstić information content (AvgIpc) is 3.08. The molecule has 1 aromatic heterocycles. The van der Waals surface area contributed by atoms with Crippen LogP contribution in [0.1, 0.15) is 18.4 Å². The van der Waals surface area contributed by atoms with Crippen LogP contribution in [0.4, 0.5) is 0 Å². The fourth-order valence-corrected chi connectivity index (χ4v) is 2.72. The van der Waals surface area contributed by atoms with Crippen LogP contribution in [0.5, 0.6) is 0 Å². The minimum atomic E-state index is 0. The third-order valence-electron chi connectivity index (χ3n) is 3.94. The van der Waals surface area contributed by atoms with Crippen LogP contribution in [-0.4, -0.2) is 28.5 Å². The van der Waals surface area contributed by atoms with E-state index in [4.69, 9.17) is 0 Å². The number of imidazole rings is 1. The first kappa shape index (κ1) is 16.5. The summed E-state index contributed by atoms with van der Waals surface area (Å²) in [6.07, 6.45) is 7.29. The highest BCUT2D eigenvalue weighted by atomic mass is 35.5. The number of nitrogens with one attached hydrogen (secondary N) is 2. The normalized spacial score (nSPS) is 15.1. The lowest BCUT2D eigenvalue weighted by molar-refractivity contribution is -0.125. The number of carbonyl (C=O) groups excluding carboxylic acids is 1. The van der Waals surface area contributed by atoms with Gasteiger partial charge in [0.1, 0.15) is 0 Å². The summed E-state index contributed by atoms with van der Waals surface area (Å²) in [4.78, 5) is 16.3. The van der Waals surface area contributed by atoms with E-state index in [1.807, 2.05) is 35.0 Å². The molecule has 5 nitrogen and oxygen atoms in total. The summed E-state index contributed by atoms with van der Waals surface area (Å²) in [5.74, 6) is 0.309. The highest BCUT2D eigenvalue weighted by Gasteiger charge is 2.20. The van der Waals surface area contributed by atoms with Crippen molar-refractivity contribution in [3.05, 3.63) is 48.5 Å². The molecule has 0 spiro atoms. The molecule has 1 aromatic carbocycles. The van der Waals surface area contributed by atoms with Crippen molar-refractivity contribution in [2.45, 2.75) is 19.4 Å². The Balaban J connectivity index is 0.00000176. The predicted octanol–water partition coefficient (Wildman–Crippen LogP) is 1.91. The molecule has 1 aliphatic rings. The van der Waals surface area contributed by atoms with E-state index in [1.54, 1.807) is 12.5 Å². The second kappa shape index (κ2) is 7.96. The lowest BCUT2D eigenvalue weighted by Gasteiger charge is -2.22. The Morgan fingerprint density at radius 2 is 2.09 bits per heavy atom. The van der Waals surface area contributed by atoms with E-state index in [9.17, 15) is 4.79 Å². The molecule has 2 N–H and O–H groups in total. The third kappa shape index (κ3) is 3.87. The second-order valence-electron chi connectivity index (χ2n) is 5.34. The van der Waals surface area contributed by atoms with Crippen LogP contribution >= 0.6 is 12.4 Å². The Morgan fingerprint density at radius 1 is 1.32 bits per heavy atom. The molecule has 1 amide bonds. The molecule has 0 aliphatic carbocycles. The largest absolute Gasteiger partial charge is 0.352 e. The number of para-hydroxylation sites is 1. The van der Waals surface area contributed by atoms with Crippen molar-refractivity contribution in [1.82, 2.24) is 20.2 Å². The number of amides is 1. The Bertz CT molecular complexity index is 594. The second-order valence-corrected chi connectivity index (χ2v) is 5.34. The van der Waals surface area contributed by atoms with Crippen molar-refractivity contribution in [2.24, 2.45) is 5.92 Å². The molecule has 1 saturated heterocycles. The molecule has 3 rings (SSSR count). The summed E-state index contributed by atoms with van der Waals surface area (Å²) in [7, 11) is 0. The Hall–Kier alpha value is -1.85. The molecule has 0 bridgehead atoms. The third-order valence-corrected chi connectivity index (χ3v) is 3.94. The first-order valence-electron chi connectivity index (χ1n) is 7.39. The number of piperidine rings is 1. The highest BCUT2D eigenvalue weighted by Crippen LogP contribution is 2.15. The van der Waals surface area contributed by atoms with Crippen molar-refractivity contribution in [3.8, 4) is 5.69 Å². The molecular formula is C16H21ClN4O.